The molecule has 0 radical (unpaired) electrons. The van der Waals surface area contributed by atoms with Gasteiger partial charge in [-0.25, -0.2) is 9.48 Å². The number of aromatic nitrogens is 3. The number of nitrogens with one attached hydrogen (secondary N) is 1. The SMILES string of the molecule is O=C(Cn1cc(C(=O)O)nn1)NC(Cc1ccccc1)C(=O)N1CCCC1. The molecule has 2 aromatic rings. The first-order valence-corrected chi connectivity index (χ1v) is 8.78. The molecule has 0 aliphatic carbocycles. The fraction of sp³-hybridized carbons (Fsp3) is 0.389. The van der Waals surface area contributed by atoms with Crippen molar-refractivity contribution in [1.29, 1.82) is 0 Å². The largest absolute Gasteiger partial charge is 0.476 e. The number of amides is 2. The van der Waals surface area contributed by atoms with Gasteiger partial charge < -0.3 is 15.3 Å². The lowest BCUT2D eigenvalue weighted by atomic mass is 10.0. The van der Waals surface area contributed by atoms with E-state index >= 15 is 0 Å². The summed E-state index contributed by atoms with van der Waals surface area (Å²) in [6.45, 7) is 1.19. The summed E-state index contributed by atoms with van der Waals surface area (Å²) >= 11 is 0. The van der Waals surface area contributed by atoms with Crippen molar-refractivity contribution in [2.45, 2.75) is 31.8 Å². The van der Waals surface area contributed by atoms with Crippen LogP contribution in [0, 0.1) is 0 Å². The van der Waals surface area contributed by atoms with Gasteiger partial charge in [-0.05, 0) is 18.4 Å². The molecule has 1 unspecified atom stereocenters. The first-order chi connectivity index (χ1) is 13.0. The van der Waals surface area contributed by atoms with Gasteiger partial charge in [0.2, 0.25) is 11.8 Å². The van der Waals surface area contributed by atoms with Crippen LogP contribution in [0.2, 0.25) is 0 Å². The van der Waals surface area contributed by atoms with Gasteiger partial charge in [0, 0.05) is 19.5 Å². The molecule has 1 aliphatic heterocycles. The number of aromatic carboxylic acids is 1. The van der Waals surface area contributed by atoms with Crippen LogP contribution in [-0.2, 0) is 22.6 Å². The summed E-state index contributed by atoms with van der Waals surface area (Å²) < 4.78 is 1.14. The van der Waals surface area contributed by atoms with Crippen molar-refractivity contribution in [1.82, 2.24) is 25.2 Å². The third-order valence-electron chi connectivity index (χ3n) is 4.40. The van der Waals surface area contributed by atoms with E-state index in [2.05, 4.69) is 15.6 Å². The Morgan fingerprint density at radius 3 is 2.48 bits per heavy atom. The minimum atomic E-state index is -1.21. The molecule has 1 atom stereocenters. The zero-order chi connectivity index (χ0) is 19.2. The molecule has 2 amide bonds. The van der Waals surface area contributed by atoms with Crippen LogP contribution < -0.4 is 5.32 Å². The van der Waals surface area contributed by atoms with Gasteiger partial charge in [0.1, 0.15) is 12.6 Å². The maximum Gasteiger partial charge on any atom is 0.358 e. The maximum atomic E-state index is 12.8. The first-order valence-electron chi connectivity index (χ1n) is 8.78. The van der Waals surface area contributed by atoms with Crippen molar-refractivity contribution in [3.63, 3.8) is 0 Å². The van der Waals surface area contributed by atoms with Crippen LogP contribution >= 0.6 is 0 Å². The summed E-state index contributed by atoms with van der Waals surface area (Å²) in [5, 5.41) is 18.7. The standard InChI is InChI=1S/C18H21N5O4/c24-16(12-23-11-15(18(26)27)20-21-23)19-14(10-13-6-2-1-3-7-13)17(25)22-8-4-5-9-22/h1-3,6-7,11,14H,4-5,8-10,12H2,(H,19,24)(H,26,27). The lowest BCUT2D eigenvalue weighted by molar-refractivity contribution is -0.135. The Balaban J connectivity index is 1.68. The lowest BCUT2D eigenvalue weighted by Crippen LogP contribution is -2.49. The number of rotatable bonds is 7. The van der Waals surface area contributed by atoms with Gasteiger partial charge in [-0.3, -0.25) is 9.59 Å². The van der Waals surface area contributed by atoms with E-state index in [-0.39, 0.29) is 18.1 Å². The molecule has 1 aliphatic rings. The van der Waals surface area contributed by atoms with Crippen LogP contribution in [0.5, 0.6) is 0 Å². The number of hydrogen-bond acceptors (Lipinski definition) is 5. The summed E-state index contributed by atoms with van der Waals surface area (Å²) in [6.07, 6.45) is 3.50. The zero-order valence-corrected chi connectivity index (χ0v) is 14.7. The number of carbonyl (C=O) groups is 3. The highest BCUT2D eigenvalue weighted by molar-refractivity contribution is 5.88. The van der Waals surface area contributed by atoms with Gasteiger partial charge in [0.25, 0.3) is 0 Å². The number of benzene rings is 1. The highest BCUT2D eigenvalue weighted by Crippen LogP contribution is 2.12. The maximum absolute atomic E-state index is 12.8. The molecule has 1 aromatic heterocycles. The van der Waals surface area contributed by atoms with Crippen LogP contribution in [0.1, 0.15) is 28.9 Å². The summed E-state index contributed by atoms with van der Waals surface area (Å²) in [4.78, 5) is 37.8. The number of hydrogen-bond donors (Lipinski definition) is 2. The summed E-state index contributed by atoms with van der Waals surface area (Å²) in [5.74, 6) is -1.74. The molecule has 1 aromatic carbocycles. The number of carbonyl (C=O) groups excluding carboxylic acids is 2. The molecule has 2 N–H and O–H groups in total. The Bertz CT molecular complexity index is 814. The highest BCUT2D eigenvalue weighted by Gasteiger charge is 2.28. The molecule has 1 fully saturated rings. The van der Waals surface area contributed by atoms with Gasteiger partial charge in [0.05, 0.1) is 6.20 Å². The molecule has 3 rings (SSSR count). The lowest BCUT2D eigenvalue weighted by Gasteiger charge is -2.24. The van der Waals surface area contributed by atoms with Gasteiger partial charge in [-0.15, -0.1) is 5.10 Å². The molecule has 0 bridgehead atoms. The Morgan fingerprint density at radius 1 is 1.15 bits per heavy atom. The minimum absolute atomic E-state index is 0.102. The average Bonchev–Trinajstić information content (AvgIpc) is 3.33. The Hall–Kier alpha value is -3.23. The van der Waals surface area contributed by atoms with Gasteiger partial charge in [-0.2, -0.15) is 0 Å². The zero-order valence-electron chi connectivity index (χ0n) is 14.7. The third kappa shape index (κ3) is 4.90. The van der Waals surface area contributed by atoms with E-state index in [1.54, 1.807) is 4.90 Å². The van der Waals surface area contributed by atoms with E-state index < -0.39 is 17.9 Å². The summed E-state index contributed by atoms with van der Waals surface area (Å²) in [6, 6.07) is 8.80. The quantitative estimate of drug-likeness (QED) is 0.724. The van der Waals surface area contributed by atoms with E-state index in [1.165, 1.54) is 6.20 Å². The normalized spacial score (nSPS) is 14.7. The van der Waals surface area contributed by atoms with Crippen molar-refractivity contribution in [3.05, 3.63) is 47.8 Å². The number of likely N-dealkylation sites (tertiary alicyclic amines) is 1. The highest BCUT2D eigenvalue weighted by atomic mass is 16.4. The minimum Gasteiger partial charge on any atom is -0.476 e. The molecule has 2 heterocycles. The number of carboxylic acid groups (broad SMARTS) is 1. The molecule has 0 spiro atoms. The van der Waals surface area contributed by atoms with Gasteiger partial charge in [-0.1, -0.05) is 35.5 Å². The van der Waals surface area contributed by atoms with Crippen molar-refractivity contribution in [2.24, 2.45) is 0 Å². The van der Waals surface area contributed by atoms with Crippen LogP contribution in [-0.4, -0.2) is 61.9 Å². The molecular weight excluding hydrogens is 350 g/mol. The average molecular weight is 371 g/mol. The second kappa shape index (κ2) is 8.43. The smallest absolute Gasteiger partial charge is 0.358 e. The van der Waals surface area contributed by atoms with Crippen molar-refractivity contribution in [3.8, 4) is 0 Å². The molecule has 1 saturated heterocycles. The predicted octanol–water partition coefficient (Wildman–Crippen LogP) is 0.326. The van der Waals surface area contributed by atoms with E-state index in [9.17, 15) is 14.4 Å². The Morgan fingerprint density at radius 2 is 1.85 bits per heavy atom. The molecule has 27 heavy (non-hydrogen) atoms. The molecule has 9 nitrogen and oxygen atoms in total. The van der Waals surface area contributed by atoms with Crippen molar-refractivity contribution in [2.75, 3.05) is 13.1 Å². The summed E-state index contributed by atoms with van der Waals surface area (Å²) in [7, 11) is 0. The van der Waals surface area contributed by atoms with Crippen molar-refractivity contribution >= 4 is 17.8 Å². The molecule has 142 valence electrons. The molecular formula is C18H21N5O4. The van der Waals surface area contributed by atoms with Gasteiger partial charge >= 0.3 is 5.97 Å². The fourth-order valence-electron chi connectivity index (χ4n) is 3.07. The molecule has 9 heteroatoms. The Kier molecular flexibility index (Phi) is 5.80. The van der Waals surface area contributed by atoms with Crippen LogP contribution in [0.3, 0.4) is 0 Å². The second-order valence-corrected chi connectivity index (χ2v) is 6.45. The first kappa shape index (κ1) is 18.6. The van der Waals surface area contributed by atoms with E-state index in [1.807, 2.05) is 30.3 Å². The van der Waals surface area contributed by atoms with Crippen LogP contribution in [0.25, 0.3) is 0 Å². The van der Waals surface area contributed by atoms with Crippen LogP contribution in [0.4, 0.5) is 0 Å². The summed E-state index contributed by atoms with van der Waals surface area (Å²) in [5.41, 5.74) is 0.709. The second-order valence-electron chi connectivity index (χ2n) is 6.45. The van der Waals surface area contributed by atoms with Gasteiger partial charge in [0.15, 0.2) is 5.69 Å². The fourth-order valence-corrected chi connectivity index (χ4v) is 3.07. The van der Waals surface area contributed by atoms with E-state index in [0.717, 1.165) is 23.1 Å². The number of carboxylic acids is 1. The third-order valence-corrected chi connectivity index (χ3v) is 4.40. The van der Waals surface area contributed by atoms with E-state index in [0.29, 0.717) is 19.5 Å². The van der Waals surface area contributed by atoms with Crippen molar-refractivity contribution < 1.29 is 19.5 Å². The molecule has 0 saturated carbocycles. The number of nitrogens with zero attached hydrogens (tertiary/aromatic N) is 4. The van der Waals surface area contributed by atoms with Crippen LogP contribution in [0.15, 0.2) is 36.5 Å². The Labute approximate surface area is 156 Å². The monoisotopic (exact) mass is 371 g/mol. The predicted molar refractivity (Wildman–Crippen MR) is 94.9 cm³/mol. The topological polar surface area (TPSA) is 117 Å². The van der Waals surface area contributed by atoms with E-state index in [4.69, 9.17) is 5.11 Å².